The molecular weight excluding hydrogens is 258 g/mol. The standard InChI is InChI=1S/C19H29NO/c1-14(2)11-12-21-18-9-3-15(4-10-18)13-20-19(16-5-6-16)17-7-8-17/h3-4,9-10,14,16-17,19-20H,5-8,11-13H2,1-2H3. The first kappa shape index (κ1) is 14.9. The van der Waals surface area contributed by atoms with Gasteiger partial charge in [0.2, 0.25) is 0 Å². The van der Waals surface area contributed by atoms with E-state index in [1.54, 1.807) is 0 Å². The quantitative estimate of drug-likeness (QED) is 0.727. The molecule has 0 aliphatic heterocycles. The average Bonchev–Trinajstić information content (AvgIpc) is 3.35. The average molecular weight is 287 g/mol. The van der Waals surface area contributed by atoms with E-state index in [1.807, 2.05) is 0 Å². The molecule has 116 valence electrons. The van der Waals surface area contributed by atoms with E-state index in [0.717, 1.165) is 43.2 Å². The highest BCUT2D eigenvalue weighted by Gasteiger charge is 2.40. The molecular formula is C19H29NO. The van der Waals surface area contributed by atoms with Crippen LogP contribution < -0.4 is 10.1 Å². The van der Waals surface area contributed by atoms with Crippen LogP contribution in [-0.2, 0) is 6.54 Å². The van der Waals surface area contributed by atoms with Gasteiger partial charge in [-0.05, 0) is 67.6 Å². The van der Waals surface area contributed by atoms with Crippen molar-refractivity contribution in [1.82, 2.24) is 5.32 Å². The lowest BCUT2D eigenvalue weighted by molar-refractivity contribution is 0.289. The molecule has 0 aromatic heterocycles. The number of rotatable bonds is 9. The highest BCUT2D eigenvalue weighted by Crippen LogP contribution is 2.44. The zero-order chi connectivity index (χ0) is 14.7. The third kappa shape index (κ3) is 4.74. The van der Waals surface area contributed by atoms with Gasteiger partial charge in [-0.2, -0.15) is 0 Å². The van der Waals surface area contributed by atoms with Crippen LogP contribution in [0.5, 0.6) is 5.75 Å². The first-order valence-corrected chi connectivity index (χ1v) is 8.67. The van der Waals surface area contributed by atoms with Gasteiger partial charge in [0.15, 0.2) is 0 Å². The van der Waals surface area contributed by atoms with Gasteiger partial charge in [-0.1, -0.05) is 26.0 Å². The molecule has 2 fully saturated rings. The van der Waals surface area contributed by atoms with Gasteiger partial charge in [0.05, 0.1) is 6.61 Å². The van der Waals surface area contributed by atoms with E-state index in [4.69, 9.17) is 4.74 Å². The minimum Gasteiger partial charge on any atom is -0.494 e. The zero-order valence-electron chi connectivity index (χ0n) is 13.5. The first-order valence-electron chi connectivity index (χ1n) is 8.67. The largest absolute Gasteiger partial charge is 0.494 e. The zero-order valence-corrected chi connectivity index (χ0v) is 13.5. The summed E-state index contributed by atoms with van der Waals surface area (Å²) >= 11 is 0. The van der Waals surface area contributed by atoms with Crippen LogP contribution in [0.4, 0.5) is 0 Å². The third-order valence-electron chi connectivity index (χ3n) is 4.69. The van der Waals surface area contributed by atoms with E-state index in [1.165, 1.54) is 31.2 Å². The SMILES string of the molecule is CC(C)CCOc1ccc(CNC(C2CC2)C2CC2)cc1. The Bertz CT molecular complexity index is 419. The second kappa shape index (κ2) is 6.83. The highest BCUT2D eigenvalue weighted by molar-refractivity contribution is 5.27. The van der Waals surface area contributed by atoms with Crippen LogP contribution in [0.15, 0.2) is 24.3 Å². The summed E-state index contributed by atoms with van der Waals surface area (Å²) in [7, 11) is 0. The van der Waals surface area contributed by atoms with Crippen LogP contribution in [0.2, 0.25) is 0 Å². The summed E-state index contributed by atoms with van der Waals surface area (Å²) in [6.45, 7) is 6.28. The van der Waals surface area contributed by atoms with Crippen LogP contribution in [0.3, 0.4) is 0 Å². The van der Waals surface area contributed by atoms with Gasteiger partial charge in [0, 0.05) is 12.6 Å². The summed E-state index contributed by atoms with van der Waals surface area (Å²) < 4.78 is 5.77. The van der Waals surface area contributed by atoms with Crippen LogP contribution in [-0.4, -0.2) is 12.6 Å². The van der Waals surface area contributed by atoms with E-state index >= 15 is 0 Å². The molecule has 0 bridgehead atoms. The Morgan fingerprint density at radius 1 is 1.05 bits per heavy atom. The fourth-order valence-corrected chi connectivity index (χ4v) is 2.98. The Balaban J connectivity index is 1.43. The fourth-order valence-electron chi connectivity index (χ4n) is 2.98. The molecule has 1 N–H and O–H groups in total. The molecule has 2 aliphatic rings. The Morgan fingerprint density at radius 3 is 2.19 bits per heavy atom. The molecule has 0 atom stereocenters. The van der Waals surface area contributed by atoms with Gasteiger partial charge in [-0.25, -0.2) is 0 Å². The molecule has 2 aliphatic carbocycles. The monoisotopic (exact) mass is 287 g/mol. The number of hydrogen-bond acceptors (Lipinski definition) is 2. The van der Waals surface area contributed by atoms with Crippen molar-refractivity contribution in [2.45, 2.75) is 58.5 Å². The van der Waals surface area contributed by atoms with E-state index in [2.05, 4.69) is 43.4 Å². The Kier molecular flexibility index (Phi) is 4.84. The van der Waals surface area contributed by atoms with Crippen molar-refractivity contribution in [3.8, 4) is 5.75 Å². The van der Waals surface area contributed by atoms with Gasteiger partial charge < -0.3 is 10.1 Å². The maximum atomic E-state index is 5.77. The van der Waals surface area contributed by atoms with Crippen LogP contribution in [0, 0.1) is 17.8 Å². The van der Waals surface area contributed by atoms with Crippen molar-refractivity contribution < 1.29 is 4.74 Å². The van der Waals surface area contributed by atoms with E-state index < -0.39 is 0 Å². The summed E-state index contributed by atoms with van der Waals surface area (Å²) in [4.78, 5) is 0. The van der Waals surface area contributed by atoms with Crippen LogP contribution in [0.25, 0.3) is 0 Å². The Morgan fingerprint density at radius 2 is 1.67 bits per heavy atom. The number of ether oxygens (including phenoxy) is 1. The van der Waals surface area contributed by atoms with Crippen LogP contribution >= 0.6 is 0 Å². The molecule has 3 rings (SSSR count). The highest BCUT2D eigenvalue weighted by atomic mass is 16.5. The third-order valence-corrected chi connectivity index (χ3v) is 4.69. The molecule has 2 heteroatoms. The minimum atomic E-state index is 0.704. The smallest absolute Gasteiger partial charge is 0.119 e. The van der Waals surface area contributed by atoms with Crippen molar-refractivity contribution >= 4 is 0 Å². The minimum absolute atomic E-state index is 0.704. The molecule has 0 saturated heterocycles. The molecule has 2 nitrogen and oxygen atoms in total. The van der Waals surface area contributed by atoms with Gasteiger partial charge in [-0.3, -0.25) is 0 Å². The molecule has 2 saturated carbocycles. The van der Waals surface area contributed by atoms with E-state index in [-0.39, 0.29) is 0 Å². The first-order chi connectivity index (χ1) is 10.2. The maximum absolute atomic E-state index is 5.77. The molecule has 0 unspecified atom stereocenters. The van der Waals surface area contributed by atoms with Gasteiger partial charge >= 0.3 is 0 Å². The van der Waals surface area contributed by atoms with Crippen molar-refractivity contribution in [2.24, 2.45) is 17.8 Å². The van der Waals surface area contributed by atoms with Crippen molar-refractivity contribution in [3.63, 3.8) is 0 Å². The lowest BCUT2D eigenvalue weighted by Crippen LogP contribution is -2.32. The molecule has 1 aromatic rings. The maximum Gasteiger partial charge on any atom is 0.119 e. The summed E-state index contributed by atoms with van der Waals surface area (Å²) in [6, 6.07) is 9.41. The topological polar surface area (TPSA) is 21.3 Å². The normalized spacial score (nSPS) is 18.5. The fraction of sp³-hybridized carbons (Fsp3) is 0.684. The molecule has 0 radical (unpaired) electrons. The van der Waals surface area contributed by atoms with Crippen molar-refractivity contribution in [1.29, 1.82) is 0 Å². The molecule has 0 heterocycles. The van der Waals surface area contributed by atoms with Crippen molar-refractivity contribution in [2.75, 3.05) is 6.61 Å². The predicted molar refractivity (Wildman–Crippen MR) is 87.5 cm³/mol. The second-order valence-electron chi connectivity index (χ2n) is 7.26. The predicted octanol–water partition coefficient (Wildman–Crippen LogP) is 4.39. The molecule has 21 heavy (non-hydrogen) atoms. The van der Waals surface area contributed by atoms with Crippen molar-refractivity contribution in [3.05, 3.63) is 29.8 Å². The summed E-state index contributed by atoms with van der Waals surface area (Å²) in [5.74, 6) is 3.64. The lowest BCUT2D eigenvalue weighted by Gasteiger charge is -2.17. The van der Waals surface area contributed by atoms with Gasteiger partial charge in [-0.15, -0.1) is 0 Å². The Hall–Kier alpha value is -1.02. The molecule has 0 amide bonds. The number of hydrogen-bond donors (Lipinski definition) is 1. The lowest BCUT2D eigenvalue weighted by atomic mass is 10.1. The number of nitrogens with one attached hydrogen (secondary N) is 1. The second-order valence-corrected chi connectivity index (χ2v) is 7.26. The van der Waals surface area contributed by atoms with E-state index in [0.29, 0.717) is 5.92 Å². The summed E-state index contributed by atoms with van der Waals surface area (Å²) in [5, 5.41) is 3.80. The van der Waals surface area contributed by atoms with Gasteiger partial charge in [0.25, 0.3) is 0 Å². The molecule has 0 spiro atoms. The van der Waals surface area contributed by atoms with Crippen LogP contribution in [0.1, 0.15) is 51.5 Å². The number of benzene rings is 1. The Labute approximate surface area is 129 Å². The summed E-state index contributed by atoms with van der Waals surface area (Å²) in [5.41, 5.74) is 1.37. The van der Waals surface area contributed by atoms with E-state index in [9.17, 15) is 0 Å². The molecule has 1 aromatic carbocycles. The van der Waals surface area contributed by atoms with Gasteiger partial charge in [0.1, 0.15) is 5.75 Å². The summed E-state index contributed by atoms with van der Waals surface area (Å²) in [6.07, 6.45) is 6.88.